The Bertz CT molecular complexity index is 217. The Labute approximate surface area is 111 Å². The summed E-state index contributed by atoms with van der Waals surface area (Å²) in [4.78, 5) is 20.8. The van der Waals surface area contributed by atoms with Crippen molar-refractivity contribution in [3.05, 3.63) is 0 Å². The zero-order valence-electron chi connectivity index (χ0n) is 13.0. The van der Waals surface area contributed by atoms with E-state index in [2.05, 4.69) is 26.1 Å². The second-order valence-electron chi connectivity index (χ2n) is 4.98. The maximum absolute atomic E-state index is 10.8. The van der Waals surface area contributed by atoms with Crippen LogP contribution in [0.15, 0.2) is 0 Å². The summed E-state index contributed by atoms with van der Waals surface area (Å²) in [6, 6.07) is 0. The molecule has 0 spiro atoms. The number of hydrogen-bond acceptors (Lipinski definition) is 3. The van der Waals surface area contributed by atoms with E-state index in [-0.39, 0.29) is 0 Å². The third-order valence-electron chi connectivity index (χ3n) is 0.783. The Morgan fingerprint density at radius 1 is 1.17 bits per heavy atom. The van der Waals surface area contributed by atoms with Gasteiger partial charge in [-0.25, -0.2) is 4.79 Å². The molecule has 0 aromatic heterocycles. The number of carboxylic acid groups (broad SMARTS) is 1. The highest BCUT2D eigenvalue weighted by atomic mass is 16.6. The lowest BCUT2D eigenvalue weighted by Crippen LogP contribution is -2.35. The third-order valence-corrected chi connectivity index (χ3v) is 0.783. The van der Waals surface area contributed by atoms with E-state index in [1.54, 1.807) is 20.8 Å². The Morgan fingerprint density at radius 2 is 1.50 bits per heavy atom. The minimum absolute atomic E-state index is 0.422. The van der Waals surface area contributed by atoms with Gasteiger partial charge in [-0.05, 0) is 26.7 Å². The fourth-order valence-corrected chi connectivity index (χ4v) is 0.462. The van der Waals surface area contributed by atoms with Crippen molar-refractivity contribution >= 4 is 12.1 Å². The Kier molecular flexibility index (Phi) is 14.9. The molecule has 0 aliphatic carbocycles. The number of carbonyl (C=O) groups excluding carboxylic acids is 1. The van der Waals surface area contributed by atoms with E-state index < -0.39 is 24.2 Å². The Hall–Kier alpha value is -1.26. The van der Waals surface area contributed by atoms with E-state index in [0.717, 1.165) is 5.92 Å². The number of aliphatic carboxylic acids is 1. The van der Waals surface area contributed by atoms with Crippen molar-refractivity contribution in [3.63, 3.8) is 0 Å². The lowest BCUT2D eigenvalue weighted by molar-refractivity contribution is -0.136. The maximum atomic E-state index is 10.8. The largest absolute Gasteiger partial charge is 0.480 e. The number of carboxylic acids is 1. The molecule has 0 aliphatic heterocycles. The van der Waals surface area contributed by atoms with Crippen LogP contribution < -0.4 is 5.32 Å². The molecule has 0 aromatic carbocycles. The number of nitrogens with one attached hydrogen (secondary N) is 1. The number of alkyl carbamates (subject to hydrolysis) is 1. The molecule has 0 saturated carbocycles. The van der Waals surface area contributed by atoms with Gasteiger partial charge in [-0.3, -0.25) is 4.79 Å². The second kappa shape index (κ2) is 12.2. The first-order chi connectivity index (χ1) is 8.04. The molecule has 0 aromatic rings. The molecule has 0 radical (unpaired) electrons. The lowest BCUT2D eigenvalue weighted by Gasteiger charge is -2.19. The predicted molar refractivity (Wildman–Crippen MR) is 73.7 cm³/mol. The quantitative estimate of drug-likeness (QED) is 0.801. The molecule has 5 heteroatoms. The topological polar surface area (TPSA) is 75.6 Å². The van der Waals surface area contributed by atoms with Crippen molar-refractivity contribution < 1.29 is 19.4 Å². The molecule has 1 amide bonds. The first-order valence-corrected chi connectivity index (χ1v) is 6.23. The molecule has 110 valence electrons. The van der Waals surface area contributed by atoms with E-state index >= 15 is 0 Å². The number of hydrogen-bond donors (Lipinski definition) is 2. The van der Waals surface area contributed by atoms with Crippen LogP contribution in [0.5, 0.6) is 0 Å². The molecule has 0 saturated heterocycles. The molecule has 2 N–H and O–H groups in total. The minimum atomic E-state index is -1.10. The third kappa shape index (κ3) is 36.4. The summed E-state index contributed by atoms with van der Waals surface area (Å²) in [7, 11) is 0. The average Bonchev–Trinajstić information content (AvgIpc) is 2.14. The standard InChI is InChI=1S/C7H13NO4.C4H10.C2H6/c1-7(2,3)12-6(11)8-4-5(9)10;1-4(2)3;1-2/h4H2,1-3H3,(H,8,11)(H,9,10);4H,1-3H3;1-2H3. The maximum Gasteiger partial charge on any atom is 0.408 e. The van der Waals surface area contributed by atoms with Crippen molar-refractivity contribution in [2.75, 3.05) is 6.54 Å². The fourth-order valence-electron chi connectivity index (χ4n) is 0.462. The van der Waals surface area contributed by atoms with Gasteiger partial charge in [0.1, 0.15) is 12.1 Å². The molecule has 18 heavy (non-hydrogen) atoms. The molecule has 0 unspecified atom stereocenters. The zero-order chi connectivity index (χ0) is 15.4. The van der Waals surface area contributed by atoms with Gasteiger partial charge in [-0.15, -0.1) is 0 Å². The fraction of sp³-hybridized carbons (Fsp3) is 0.846. The SMILES string of the molecule is CC.CC(C)(C)OC(=O)NCC(=O)O.CC(C)C. The van der Waals surface area contributed by atoms with Gasteiger partial charge >= 0.3 is 12.1 Å². The van der Waals surface area contributed by atoms with Crippen LogP contribution in [0.4, 0.5) is 4.79 Å². The summed E-state index contributed by atoms with van der Waals surface area (Å²) in [6.45, 7) is 15.2. The van der Waals surface area contributed by atoms with Crippen LogP contribution in [0.25, 0.3) is 0 Å². The van der Waals surface area contributed by atoms with Crippen LogP contribution in [0.2, 0.25) is 0 Å². The van der Waals surface area contributed by atoms with Gasteiger partial charge in [0, 0.05) is 0 Å². The minimum Gasteiger partial charge on any atom is -0.480 e. The molecule has 0 heterocycles. The van der Waals surface area contributed by atoms with Crippen LogP contribution in [-0.2, 0) is 9.53 Å². The van der Waals surface area contributed by atoms with Crippen LogP contribution in [0.3, 0.4) is 0 Å². The van der Waals surface area contributed by atoms with E-state index in [1.165, 1.54) is 0 Å². The summed E-state index contributed by atoms with van der Waals surface area (Å²) in [5.41, 5.74) is -0.595. The lowest BCUT2D eigenvalue weighted by atomic mass is 10.2. The number of ether oxygens (including phenoxy) is 1. The highest BCUT2D eigenvalue weighted by Crippen LogP contribution is 2.05. The monoisotopic (exact) mass is 263 g/mol. The normalized spacial score (nSPS) is 9.39. The summed E-state index contributed by atoms with van der Waals surface area (Å²) in [5, 5.41) is 10.3. The first-order valence-electron chi connectivity index (χ1n) is 6.23. The number of carbonyl (C=O) groups is 2. The van der Waals surface area contributed by atoms with Crippen LogP contribution in [0.1, 0.15) is 55.4 Å². The van der Waals surface area contributed by atoms with Crippen LogP contribution in [0, 0.1) is 5.92 Å². The molecule has 5 nitrogen and oxygen atoms in total. The van der Waals surface area contributed by atoms with Crippen molar-refractivity contribution in [2.24, 2.45) is 5.92 Å². The zero-order valence-corrected chi connectivity index (χ0v) is 13.0. The highest BCUT2D eigenvalue weighted by molar-refractivity contribution is 5.76. The van der Waals surface area contributed by atoms with Gasteiger partial charge < -0.3 is 15.2 Å². The van der Waals surface area contributed by atoms with Crippen LogP contribution in [-0.4, -0.2) is 29.3 Å². The van der Waals surface area contributed by atoms with Gasteiger partial charge in [0.05, 0.1) is 0 Å². The van der Waals surface area contributed by atoms with Gasteiger partial charge in [0.2, 0.25) is 0 Å². The molecule has 0 atom stereocenters. The van der Waals surface area contributed by atoms with Gasteiger partial charge in [-0.1, -0.05) is 34.6 Å². The predicted octanol–water partition coefficient (Wildman–Crippen LogP) is 3.28. The number of rotatable bonds is 2. The van der Waals surface area contributed by atoms with E-state index in [0.29, 0.717) is 0 Å². The van der Waals surface area contributed by atoms with E-state index in [4.69, 9.17) is 9.84 Å². The van der Waals surface area contributed by atoms with E-state index in [1.807, 2.05) is 13.8 Å². The molecule has 0 fully saturated rings. The van der Waals surface area contributed by atoms with E-state index in [9.17, 15) is 9.59 Å². The Balaban J connectivity index is -0.000000317. The molecular formula is C13H29NO4. The van der Waals surface area contributed by atoms with Gasteiger partial charge in [0.25, 0.3) is 0 Å². The molecule has 0 bridgehead atoms. The van der Waals surface area contributed by atoms with Crippen molar-refractivity contribution in [1.82, 2.24) is 5.32 Å². The summed E-state index contributed by atoms with van der Waals surface area (Å²) in [5.74, 6) is -0.263. The summed E-state index contributed by atoms with van der Waals surface area (Å²) < 4.78 is 4.77. The van der Waals surface area contributed by atoms with Crippen LogP contribution >= 0.6 is 0 Å². The average molecular weight is 263 g/mol. The second-order valence-corrected chi connectivity index (χ2v) is 4.98. The highest BCUT2D eigenvalue weighted by Gasteiger charge is 2.15. The Morgan fingerprint density at radius 3 is 1.72 bits per heavy atom. The summed E-state index contributed by atoms with van der Waals surface area (Å²) >= 11 is 0. The van der Waals surface area contributed by atoms with Crippen molar-refractivity contribution in [1.29, 1.82) is 0 Å². The summed E-state index contributed by atoms with van der Waals surface area (Å²) in [6.07, 6.45) is -0.718. The molecule has 0 rings (SSSR count). The first kappa shape index (κ1) is 22.0. The smallest absolute Gasteiger partial charge is 0.408 e. The van der Waals surface area contributed by atoms with Crippen molar-refractivity contribution in [3.8, 4) is 0 Å². The van der Waals surface area contributed by atoms with Crippen molar-refractivity contribution in [2.45, 2.75) is 61.0 Å². The molecular weight excluding hydrogens is 234 g/mol. The molecule has 0 aliphatic rings. The van der Waals surface area contributed by atoms with Gasteiger partial charge in [-0.2, -0.15) is 0 Å². The number of amides is 1. The van der Waals surface area contributed by atoms with Gasteiger partial charge in [0.15, 0.2) is 0 Å².